The van der Waals surface area contributed by atoms with Crippen molar-refractivity contribution >= 4 is 23.0 Å². The van der Waals surface area contributed by atoms with E-state index in [1.165, 1.54) is 43.3 Å². The molecule has 24 nitrogen and oxygen atoms in total. The lowest BCUT2D eigenvalue weighted by Crippen LogP contribution is -2.59. The van der Waals surface area contributed by atoms with E-state index >= 15 is 0 Å². The number of ether oxygens (including phenoxy) is 7. The molecular formula is C48H58O24. The zero-order valence-electron chi connectivity index (χ0n) is 38.4. The van der Waals surface area contributed by atoms with Gasteiger partial charge in [-0.15, -0.1) is 0 Å². The topological polar surface area (TPSA) is 395 Å². The number of esters is 1. The summed E-state index contributed by atoms with van der Waals surface area (Å²) in [4.78, 5) is 27.3. The number of aromatic hydroxyl groups is 4. The van der Waals surface area contributed by atoms with E-state index in [2.05, 4.69) is 0 Å². The van der Waals surface area contributed by atoms with E-state index in [1.807, 2.05) is 0 Å². The van der Waals surface area contributed by atoms with Gasteiger partial charge in [0.25, 0.3) is 0 Å². The second-order valence-electron chi connectivity index (χ2n) is 17.6. The van der Waals surface area contributed by atoms with Crippen LogP contribution in [0.5, 0.6) is 40.2 Å². The molecule has 24 heteroatoms. The first kappa shape index (κ1) is 54.1. The third-order valence-electron chi connectivity index (χ3n) is 12.8. The summed E-state index contributed by atoms with van der Waals surface area (Å²) < 4.78 is 46.1. The second-order valence-corrected chi connectivity index (χ2v) is 17.6. The van der Waals surface area contributed by atoms with Crippen LogP contribution in [0.3, 0.4) is 0 Å². The number of fused-ring (bicyclic) bond motifs is 1. The van der Waals surface area contributed by atoms with Crippen molar-refractivity contribution in [2.45, 2.75) is 112 Å². The highest BCUT2D eigenvalue weighted by Crippen LogP contribution is 2.40. The zero-order valence-corrected chi connectivity index (χ0v) is 38.4. The van der Waals surface area contributed by atoms with Gasteiger partial charge in [-0.3, -0.25) is 4.79 Å². The lowest BCUT2D eigenvalue weighted by atomic mass is 9.83. The number of benzene rings is 3. The summed E-state index contributed by atoms with van der Waals surface area (Å²) in [6.07, 6.45) is -17.0. The fraction of sp³-hybridized carbons (Fsp3) is 0.500. The van der Waals surface area contributed by atoms with E-state index in [4.69, 9.17) is 37.6 Å². The van der Waals surface area contributed by atoms with Crippen LogP contribution in [0.15, 0.2) is 63.8 Å². The molecule has 1 aromatic heterocycles. The Balaban J connectivity index is 1.13. The number of phenolic OH excluding ortho intramolecular Hbond substituents is 4. The maximum Gasteiger partial charge on any atom is 0.336 e. The summed E-state index contributed by atoms with van der Waals surface area (Å²) in [5.41, 5.74) is -0.852. The molecule has 0 bridgehead atoms. The molecule has 72 heavy (non-hydrogen) atoms. The first-order chi connectivity index (χ1) is 34.3. The molecule has 3 aliphatic rings. The third kappa shape index (κ3) is 11.9. The van der Waals surface area contributed by atoms with E-state index < -0.39 is 145 Å². The molecule has 9 unspecified atom stereocenters. The summed E-state index contributed by atoms with van der Waals surface area (Å²) in [5, 5.41) is 144. The number of carbonyl (C=O) groups excluding carboxylic acids is 1. The normalized spacial score (nSPS) is 30.9. The van der Waals surface area contributed by atoms with Gasteiger partial charge in [-0.1, -0.05) is 6.07 Å². The first-order valence-corrected chi connectivity index (χ1v) is 22.9. The van der Waals surface area contributed by atoms with Crippen LogP contribution in [-0.4, -0.2) is 196 Å². The molecule has 0 aliphatic carbocycles. The van der Waals surface area contributed by atoms with Gasteiger partial charge in [0.05, 0.1) is 44.7 Å². The van der Waals surface area contributed by atoms with Crippen LogP contribution in [0.2, 0.25) is 0 Å². The van der Waals surface area contributed by atoms with Crippen molar-refractivity contribution in [3.05, 3.63) is 70.4 Å². The van der Waals surface area contributed by atoms with Crippen molar-refractivity contribution in [3.8, 4) is 51.6 Å². The minimum Gasteiger partial charge on any atom is -0.507 e. The Labute approximate surface area is 408 Å². The lowest BCUT2D eigenvalue weighted by Gasteiger charge is -2.43. The van der Waals surface area contributed by atoms with Gasteiger partial charge in [0.1, 0.15) is 90.1 Å². The van der Waals surface area contributed by atoms with Crippen LogP contribution in [0.1, 0.15) is 31.7 Å². The summed E-state index contributed by atoms with van der Waals surface area (Å²) >= 11 is 0. The van der Waals surface area contributed by atoms with Crippen LogP contribution in [0, 0.1) is 5.92 Å². The Morgan fingerprint density at radius 3 is 2.06 bits per heavy atom. The molecule has 3 aromatic carbocycles. The molecule has 3 saturated heterocycles. The summed E-state index contributed by atoms with van der Waals surface area (Å²) in [6, 6.07) is 9.70. The lowest BCUT2D eigenvalue weighted by molar-refractivity contribution is -0.303. The number of aliphatic hydroxyl groups excluding tert-OH is 10. The van der Waals surface area contributed by atoms with E-state index in [1.54, 1.807) is 0 Å². The first-order valence-electron chi connectivity index (χ1n) is 22.9. The maximum atomic E-state index is 14.4. The van der Waals surface area contributed by atoms with Crippen molar-refractivity contribution in [2.75, 3.05) is 33.0 Å². The Bertz CT molecular complexity index is 2580. The molecule has 0 saturated carbocycles. The van der Waals surface area contributed by atoms with Crippen molar-refractivity contribution < 1.29 is 114 Å². The highest BCUT2D eigenvalue weighted by Gasteiger charge is 2.46. The quantitative estimate of drug-likeness (QED) is 0.0179. The fourth-order valence-corrected chi connectivity index (χ4v) is 8.68. The van der Waals surface area contributed by atoms with Crippen molar-refractivity contribution in [1.29, 1.82) is 0 Å². The zero-order chi connectivity index (χ0) is 52.1. The number of rotatable bonds is 18. The number of aliphatic hydroxyl groups is 10. The number of carbonyl (C=O) groups is 1. The fourth-order valence-electron chi connectivity index (χ4n) is 8.68. The van der Waals surface area contributed by atoms with Gasteiger partial charge in [0, 0.05) is 29.7 Å². The second kappa shape index (κ2) is 23.5. The average molecular weight is 1020 g/mol. The smallest absolute Gasteiger partial charge is 0.336 e. The minimum atomic E-state index is -1.71. The van der Waals surface area contributed by atoms with Gasteiger partial charge in [0.2, 0.25) is 11.2 Å². The van der Waals surface area contributed by atoms with E-state index in [9.17, 15) is 81.1 Å². The van der Waals surface area contributed by atoms with Crippen LogP contribution in [0.25, 0.3) is 28.4 Å². The minimum absolute atomic E-state index is 0.00100. The van der Waals surface area contributed by atoms with Crippen molar-refractivity contribution in [3.63, 3.8) is 0 Å². The van der Waals surface area contributed by atoms with Gasteiger partial charge >= 0.3 is 5.97 Å². The maximum absolute atomic E-state index is 14.4. The van der Waals surface area contributed by atoms with E-state index in [-0.39, 0.29) is 72.9 Å². The summed E-state index contributed by atoms with van der Waals surface area (Å²) in [7, 11) is 0. The molecule has 4 heterocycles. The predicted molar refractivity (Wildman–Crippen MR) is 244 cm³/mol. The van der Waals surface area contributed by atoms with E-state index in [0.717, 1.165) is 24.3 Å². The standard InChI is InChI=1S/C48H58O24/c1-20-37(56)43(62)41(60)34(68-20)19-67-23-15-28(54)36-31(16-23)71-46(22-6-8-26(52)30(14-22)70-35(55)9-5-21-4-7-25(51)27(53)13-21)47(42(36)61)65-11-2-3-29-24(38(57)39(58)32(17-49)69-29)10-12-66-48-45(64)44(63)40(59)33(18-50)72-48/h4-9,13-16,20,24,29,32-34,37-41,43-45,48-54,56-60,62-64H,2-3,10-12,17-19H2,1H3/b9-5+/t20?,24?,29-,32?,33?,34?,37?,38+,39+,40+,41?,43?,44-,45?,48+/m0/s1. The largest absolute Gasteiger partial charge is 0.507 e. The van der Waals surface area contributed by atoms with Gasteiger partial charge in [-0.2, -0.15) is 0 Å². The molecule has 3 fully saturated rings. The van der Waals surface area contributed by atoms with Crippen LogP contribution in [0.4, 0.5) is 0 Å². The van der Waals surface area contributed by atoms with Crippen LogP contribution in [-0.2, 0) is 23.7 Å². The molecule has 15 atom stereocenters. The van der Waals surface area contributed by atoms with Gasteiger partial charge in [-0.25, -0.2) is 4.79 Å². The molecule has 0 spiro atoms. The molecule has 0 radical (unpaired) electrons. The Morgan fingerprint density at radius 2 is 1.33 bits per heavy atom. The Kier molecular flexibility index (Phi) is 17.6. The number of hydrogen-bond donors (Lipinski definition) is 14. The SMILES string of the molecule is CC1OC(COc2cc(O)c3c(=O)c(OCCC[C@@H]4OC(CO)[C@@H](O)[C@H](O)C4CCO[C@@H]4OC(CO)[C@@H](O)[C@H](O)C4O)c(-c4ccc(O)c(OC(=O)/C=C/c5ccc(O)c(O)c5)c4)oc3c2)C(O)C(O)C1O. The monoisotopic (exact) mass is 1020 g/mol. The molecule has 3 aliphatic heterocycles. The van der Waals surface area contributed by atoms with Gasteiger partial charge in [0.15, 0.2) is 35.0 Å². The van der Waals surface area contributed by atoms with Gasteiger partial charge < -0.3 is 109 Å². The number of phenols is 4. The van der Waals surface area contributed by atoms with Crippen LogP contribution >= 0.6 is 0 Å². The van der Waals surface area contributed by atoms with Crippen molar-refractivity contribution in [1.82, 2.24) is 0 Å². The molecule has 7 rings (SSSR count). The molecular weight excluding hydrogens is 961 g/mol. The molecule has 394 valence electrons. The summed E-state index contributed by atoms with van der Waals surface area (Å²) in [6.45, 7) is -0.784. The Morgan fingerprint density at radius 1 is 0.653 bits per heavy atom. The van der Waals surface area contributed by atoms with Crippen molar-refractivity contribution in [2.24, 2.45) is 5.92 Å². The number of hydrogen-bond acceptors (Lipinski definition) is 24. The highest BCUT2D eigenvalue weighted by molar-refractivity contribution is 5.90. The molecule has 0 amide bonds. The Hall–Kier alpha value is -5.68. The van der Waals surface area contributed by atoms with Gasteiger partial charge in [-0.05, 0) is 68.2 Å². The predicted octanol–water partition coefficient (Wildman–Crippen LogP) is -1.39. The van der Waals surface area contributed by atoms with Crippen LogP contribution < -0.4 is 19.6 Å². The van der Waals surface area contributed by atoms with E-state index in [0.29, 0.717) is 5.56 Å². The summed E-state index contributed by atoms with van der Waals surface area (Å²) in [5.74, 6) is -5.13. The average Bonchev–Trinajstić information content (AvgIpc) is 3.35. The molecule has 4 aromatic rings. The molecule has 14 N–H and O–H groups in total. The highest BCUT2D eigenvalue weighted by atomic mass is 16.7. The third-order valence-corrected chi connectivity index (χ3v) is 12.8.